The molecule has 0 aliphatic carbocycles. The quantitative estimate of drug-likeness (QED) is 0.796. The third-order valence-electron chi connectivity index (χ3n) is 2.60. The van der Waals surface area contributed by atoms with Gasteiger partial charge in [-0.15, -0.1) is 0 Å². The molecule has 1 aromatic heterocycles. The zero-order valence-electron chi connectivity index (χ0n) is 9.51. The molecule has 0 N–H and O–H groups in total. The average molecular weight is 244 g/mol. The van der Waals surface area contributed by atoms with Crippen LogP contribution >= 0.6 is 0 Å². The van der Waals surface area contributed by atoms with E-state index in [4.69, 9.17) is 4.52 Å². The Bertz CT molecular complexity index is 464. The van der Waals surface area contributed by atoms with Gasteiger partial charge in [-0.2, -0.15) is 4.31 Å². The Morgan fingerprint density at radius 3 is 3.00 bits per heavy atom. The highest BCUT2D eigenvalue weighted by Crippen LogP contribution is 2.21. The highest BCUT2D eigenvalue weighted by atomic mass is 32.2. The van der Waals surface area contributed by atoms with Crippen molar-refractivity contribution in [3.05, 3.63) is 17.5 Å². The van der Waals surface area contributed by atoms with E-state index in [9.17, 15) is 8.42 Å². The third kappa shape index (κ3) is 2.27. The van der Waals surface area contributed by atoms with E-state index >= 15 is 0 Å². The minimum Gasteiger partial charge on any atom is -0.361 e. The summed E-state index contributed by atoms with van der Waals surface area (Å²) < 4.78 is 30.6. The van der Waals surface area contributed by atoms with Crippen molar-refractivity contribution in [3.63, 3.8) is 0 Å². The summed E-state index contributed by atoms with van der Waals surface area (Å²) in [6.45, 7) is 4.71. The van der Waals surface area contributed by atoms with E-state index in [1.54, 1.807) is 6.20 Å². The molecule has 6 heteroatoms. The summed E-state index contributed by atoms with van der Waals surface area (Å²) in [6.07, 6.45) is 2.22. The molecule has 0 saturated carbocycles. The molecule has 2 rings (SSSR count). The first-order valence-corrected chi connectivity index (χ1v) is 7.00. The summed E-state index contributed by atoms with van der Waals surface area (Å²) in [5.41, 5.74) is 0.888. The van der Waals surface area contributed by atoms with Crippen LogP contribution in [0.1, 0.15) is 25.2 Å². The van der Waals surface area contributed by atoms with E-state index in [1.807, 2.05) is 13.8 Å². The maximum Gasteiger partial charge on any atom is 0.214 e. The van der Waals surface area contributed by atoms with Crippen LogP contribution < -0.4 is 0 Å². The number of nitrogens with zero attached hydrogens (tertiary/aromatic N) is 2. The predicted octanol–water partition coefficient (Wildman–Crippen LogP) is 1.02. The lowest BCUT2D eigenvalue weighted by molar-refractivity contribution is 0.330. The van der Waals surface area contributed by atoms with Crippen LogP contribution in [0.25, 0.3) is 0 Å². The lowest BCUT2D eigenvalue weighted by Gasteiger charge is -2.25. The fraction of sp³-hybridized carbons (Fsp3) is 0.700. The largest absolute Gasteiger partial charge is 0.361 e. The van der Waals surface area contributed by atoms with Crippen molar-refractivity contribution in [2.75, 3.05) is 12.3 Å². The zero-order chi connectivity index (χ0) is 11.8. The molecular formula is C10H16N2O3S. The highest BCUT2D eigenvalue weighted by molar-refractivity contribution is 7.89. The first-order valence-electron chi connectivity index (χ1n) is 5.39. The zero-order valence-corrected chi connectivity index (χ0v) is 10.3. The molecule has 0 bridgehead atoms. The number of fused-ring (bicyclic) bond motifs is 1. The van der Waals surface area contributed by atoms with Crippen LogP contribution in [-0.4, -0.2) is 30.2 Å². The SMILES string of the molecule is CC(C)CS(=O)(=O)N1CCc2oncc2C1. The van der Waals surface area contributed by atoms with Gasteiger partial charge in [-0.1, -0.05) is 19.0 Å². The van der Waals surface area contributed by atoms with Gasteiger partial charge in [0.15, 0.2) is 0 Å². The number of hydrogen-bond donors (Lipinski definition) is 0. The van der Waals surface area contributed by atoms with E-state index < -0.39 is 10.0 Å². The van der Waals surface area contributed by atoms with Gasteiger partial charge in [0, 0.05) is 25.1 Å². The molecule has 1 aliphatic heterocycles. The lowest BCUT2D eigenvalue weighted by atomic mass is 10.1. The highest BCUT2D eigenvalue weighted by Gasteiger charge is 2.28. The van der Waals surface area contributed by atoms with Crippen LogP contribution in [0.4, 0.5) is 0 Å². The van der Waals surface area contributed by atoms with Gasteiger partial charge >= 0.3 is 0 Å². The Hall–Kier alpha value is -0.880. The van der Waals surface area contributed by atoms with Crippen LogP contribution in [0, 0.1) is 5.92 Å². The number of rotatable bonds is 3. The second kappa shape index (κ2) is 4.18. The summed E-state index contributed by atoms with van der Waals surface area (Å²) in [5, 5.41) is 3.68. The van der Waals surface area contributed by atoms with Crippen LogP contribution in [0.2, 0.25) is 0 Å². The molecule has 0 atom stereocenters. The Morgan fingerprint density at radius 1 is 1.56 bits per heavy atom. The fourth-order valence-corrected chi connectivity index (χ4v) is 3.64. The smallest absolute Gasteiger partial charge is 0.214 e. The van der Waals surface area contributed by atoms with Crippen molar-refractivity contribution < 1.29 is 12.9 Å². The predicted molar refractivity (Wildman–Crippen MR) is 59.2 cm³/mol. The van der Waals surface area contributed by atoms with Crippen molar-refractivity contribution in [2.24, 2.45) is 5.92 Å². The minimum absolute atomic E-state index is 0.147. The van der Waals surface area contributed by atoms with Crippen molar-refractivity contribution in [1.29, 1.82) is 0 Å². The maximum atomic E-state index is 12.0. The summed E-state index contributed by atoms with van der Waals surface area (Å²) >= 11 is 0. The molecular weight excluding hydrogens is 228 g/mol. The van der Waals surface area contributed by atoms with Gasteiger partial charge in [-0.05, 0) is 5.92 Å². The first kappa shape index (κ1) is 11.6. The summed E-state index contributed by atoms with van der Waals surface area (Å²) in [6, 6.07) is 0. The number of aromatic nitrogens is 1. The van der Waals surface area contributed by atoms with Gasteiger partial charge in [0.1, 0.15) is 5.76 Å². The fourth-order valence-electron chi connectivity index (χ4n) is 1.88. The van der Waals surface area contributed by atoms with Crippen LogP contribution in [0.5, 0.6) is 0 Å². The minimum atomic E-state index is -3.14. The molecule has 0 fully saturated rings. The summed E-state index contributed by atoms with van der Waals surface area (Å²) in [7, 11) is -3.14. The summed E-state index contributed by atoms with van der Waals surface area (Å²) in [5.74, 6) is 1.16. The maximum absolute atomic E-state index is 12.0. The molecule has 1 aromatic rings. The van der Waals surface area contributed by atoms with Gasteiger partial charge in [0.25, 0.3) is 0 Å². The number of hydrogen-bond acceptors (Lipinski definition) is 4. The topological polar surface area (TPSA) is 63.4 Å². The van der Waals surface area contributed by atoms with Crippen molar-refractivity contribution in [3.8, 4) is 0 Å². The van der Waals surface area contributed by atoms with E-state index in [0.29, 0.717) is 19.5 Å². The monoisotopic (exact) mass is 244 g/mol. The van der Waals surface area contributed by atoms with Gasteiger partial charge in [-0.25, -0.2) is 8.42 Å². The van der Waals surface area contributed by atoms with Gasteiger partial charge < -0.3 is 4.52 Å². The Kier molecular flexibility index (Phi) is 3.03. The summed E-state index contributed by atoms with van der Waals surface area (Å²) in [4.78, 5) is 0. The molecule has 5 nitrogen and oxygen atoms in total. The lowest BCUT2D eigenvalue weighted by Crippen LogP contribution is -2.38. The van der Waals surface area contributed by atoms with E-state index in [2.05, 4.69) is 5.16 Å². The standard InChI is InChI=1S/C10H16N2O3S/c1-8(2)7-16(13,14)12-4-3-10-9(6-12)5-11-15-10/h5,8H,3-4,6-7H2,1-2H3. The van der Waals surface area contributed by atoms with E-state index in [1.165, 1.54) is 4.31 Å². The van der Waals surface area contributed by atoms with Crippen LogP contribution in [0.3, 0.4) is 0 Å². The van der Waals surface area contributed by atoms with Gasteiger partial charge in [-0.3, -0.25) is 0 Å². The third-order valence-corrected chi connectivity index (χ3v) is 4.79. The second-order valence-electron chi connectivity index (χ2n) is 4.53. The molecule has 0 amide bonds. The molecule has 0 saturated heterocycles. The Labute approximate surface area is 95.5 Å². The van der Waals surface area contributed by atoms with E-state index in [0.717, 1.165) is 11.3 Å². The molecule has 0 radical (unpaired) electrons. The molecule has 0 unspecified atom stereocenters. The molecule has 0 spiro atoms. The number of sulfonamides is 1. The van der Waals surface area contributed by atoms with Crippen molar-refractivity contribution in [1.82, 2.24) is 9.46 Å². The Morgan fingerprint density at radius 2 is 2.31 bits per heavy atom. The molecule has 1 aliphatic rings. The van der Waals surface area contributed by atoms with Crippen LogP contribution in [-0.2, 0) is 23.0 Å². The van der Waals surface area contributed by atoms with E-state index in [-0.39, 0.29) is 11.7 Å². The molecule has 0 aromatic carbocycles. The van der Waals surface area contributed by atoms with Crippen molar-refractivity contribution >= 4 is 10.0 Å². The van der Waals surface area contributed by atoms with Gasteiger partial charge in [0.05, 0.1) is 11.9 Å². The normalized spacial score (nSPS) is 17.7. The second-order valence-corrected chi connectivity index (χ2v) is 6.54. The molecule has 2 heterocycles. The molecule has 16 heavy (non-hydrogen) atoms. The van der Waals surface area contributed by atoms with Gasteiger partial charge in [0.2, 0.25) is 10.0 Å². The molecule has 90 valence electrons. The first-order chi connectivity index (χ1) is 7.49. The average Bonchev–Trinajstić information content (AvgIpc) is 2.61. The Balaban J connectivity index is 2.14. The van der Waals surface area contributed by atoms with Crippen LogP contribution in [0.15, 0.2) is 10.7 Å². The van der Waals surface area contributed by atoms with Crippen molar-refractivity contribution in [2.45, 2.75) is 26.8 Å².